The van der Waals surface area contributed by atoms with Crippen LogP contribution < -0.4 is 10.6 Å². The van der Waals surface area contributed by atoms with Gasteiger partial charge in [0.15, 0.2) is 5.76 Å². The maximum absolute atomic E-state index is 12.6. The zero-order chi connectivity index (χ0) is 21.1. The number of aromatic nitrogens is 1. The van der Waals surface area contributed by atoms with Gasteiger partial charge in [-0.2, -0.15) is 0 Å². The third-order valence-corrected chi connectivity index (χ3v) is 5.89. The molecule has 30 heavy (non-hydrogen) atoms. The van der Waals surface area contributed by atoms with Crippen molar-refractivity contribution in [2.24, 2.45) is 0 Å². The number of anilines is 2. The lowest BCUT2D eigenvalue weighted by atomic mass is 9.99. The Morgan fingerprint density at radius 2 is 1.90 bits per heavy atom. The maximum atomic E-state index is 12.6. The van der Waals surface area contributed by atoms with Gasteiger partial charge in [-0.3, -0.25) is 4.79 Å². The van der Waals surface area contributed by atoms with Gasteiger partial charge < -0.3 is 15.1 Å². The molecule has 5 nitrogen and oxygen atoms in total. The number of rotatable bonds is 6. The molecule has 1 amide bonds. The van der Waals surface area contributed by atoms with Gasteiger partial charge in [0, 0.05) is 21.2 Å². The van der Waals surface area contributed by atoms with Gasteiger partial charge in [0.25, 0.3) is 5.91 Å². The first-order valence-corrected chi connectivity index (χ1v) is 10.6. The van der Waals surface area contributed by atoms with Gasteiger partial charge in [-0.15, -0.1) is 11.3 Å². The highest BCUT2D eigenvalue weighted by molar-refractivity contribution is 7.16. The quantitative estimate of drug-likeness (QED) is 0.363. The molecule has 0 bridgehead atoms. The van der Waals surface area contributed by atoms with Crippen molar-refractivity contribution >= 4 is 39.7 Å². The average molecular weight is 438 g/mol. The summed E-state index contributed by atoms with van der Waals surface area (Å²) in [7, 11) is 0. The van der Waals surface area contributed by atoms with E-state index in [0.29, 0.717) is 5.02 Å². The van der Waals surface area contributed by atoms with E-state index in [1.165, 1.54) is 17.6 Å². The Morgan fingerprint density at radius 3 is 2.63 bits per heavy atom. The van der Waals surface area contributed by atoms with Crippen molar-refractivity contribution in [1.29, 1.82) is 0 Å². The SMILES string of the molecule is Cc1cccc(N[C@H](c2ccccc2Cl)c2cc(C)sc2NC(=O)c2ccco2)n1. The van der Waals surface area contributed by atoms with Gasteiger partial charge in [0.05, 0.1) is 12.3 Å². The Labute approximate surface area is 183 Å². The fourth-order valence-electron chi connectivity index (χ4n) is 3.22. The molecule has 0 unspecified atom stereocenters. The molecule has 0 aliphatic rings. The zero-order valence-corrected chi connectivity index (χ0v) is 18.1. The molecular formula is C23H20ClN3O2S. The van der Waals surface area contributed by atoms with E-state index in [2.05, 4.69) is 21.7 Å². The van der Waals surface area contributed by atoms with Crippen LogP contribution in [0.25, 0.3) is 0 Å². The molecule has 0 fully saturated rings. The summed E-state index contributed by atoms with van der Waals surface area (Å²) in [4.78, 5) is 18.3. The topological polar surface area (TPSA) is 67.2 Å². The number of thiophene rings is 1. The minimum Gasteiger partial charge on any atom is -0.459 e. The van der Waals surface area contributed by atoms with Crippen molar-refractivity contribution in [1.82, 2.24) is 4.98 Å². The zero-order valence-electron chi connectivity index (χ0n) is 16.5. The molecule has 0 saturated carbocycles. The van der Waals surface area contributed by atoms with Gasteiger partial charge in [0.1, 0.15) is 10.8 Å². The van der Waals surface area contributed by atoms with Gasteiger partial charge >= 0.3 is 0 Å². The number of pyridine rings is 1. The van der Waals surface area contributed by atoms with E-state index < -0.39 is 0 Å². The van der Waals surface area contributed by atoms with Crippen molar-refractivity contribution in [2.45, 2.75) is 19.9 Å². The molecular weight excluding hydrogens is 418 g/mol. The number of amides is 1. The van der Waals surface area contributed by atoms with Gasteiger partial charge in [-0.25, -0.2) is 4.98 Å². The molecule has 3 heterocycles. The fraction of sp³-hybridized carbons (Fsp3) is 0.130. The molecule has 4 rings (SSSR count). The highest BCUT2D eigenvalue weighted by Gasteiger charge is 2.24. The van der Waals surface area contributed by atoms with E-state index in [4.69, 9.17) is 16.0 Å². The Hall–Kier alpha value is -3.09. The highest BCUT2D eigenvalue weighted by atomic mass is 35.5. The minimum absolute atomic E-state index is 0.259. The largest absolute Gasteiger partial charge is 0.459 e. The number of hydrogen-bond donors (Lipinski definition) is 2. The van der Waals surface area contributed by atoms with Crippen LogP contribution in [-0.4, -0.2) is 10.9 Å². The Bertz CT molecular complexity index is 1170. The molecule has 3 aromatic heterocycles. The van der Waals surface area contributed by atoms with Crippen molar-refractivity contribution in [3.63, 3.8) is 0 Å². The molecule has 0 aliphatic carbocycles. The van der Waals surface area contributed by atoms with E-state index >= 15 is 0 Å². The third-order valence-electron chi connectivity index (χ3n) is 4.56. The summed E-state index contributed by atoms with van der Waals surface area (Å²) in [6.45, 7) is 3.95. The van der Waals surface area contributed by atoms with Crippen LogP contribution in [0.2, 0.25) is 5.02 Å². The smallest absolute Gasteiger partial charge is 0.291 e. The van der Waals surface area contributed by atoms with Crippen LogP contribution in [0.15, 0.2) is 71.3 Å². The van der Waals surface area contributed by atoms with Crippen molar-refractivity contribution in [2.75, 3.05) is 10.6 Å². The lowest BCUT2D eigenvalue weighted by molar-refractivity contribution is 0.0997. The number of nitrogens with one attached hydrogen (secondary N) is 2. The summed E-state index contributed by atoms with van der Waals surface area (Å²) in [5, 5.41) is 7.84. The number of hydrogen-bond acceptors (Lipinski definition) is 5. The first-order valence-electron chi connectivity index (χ1n) is 9.41. The first kappa shape index (κ1) is 20.2. The number of carbonyl (C=O) groups excluding carboxylic acids is 1. The first-order chi connectivity index (χ1) is 14.5. The molecule has 4 aromatic rings. The number of nitrogens with zero attached hydrogens (tertiary/aromatic N) is 1. The third kappa shape index (κ3) is 4.40. The monoisotopic (exact) mass is 437 g/mol. The Kier molecular flexibility index (Phi) is 5.88. The second kappa shape index (κ2) is 8.73. The second-order valence-electron chi connectivity index (χ2n) is 6.84. The van der Waals surface area contributed by atoms with E-state index in [1.807, 2.05) is 56.3 Å². The van der Waals surface area contributed by atoms with Crippen LogP contribution in [0.1, 0.15) is 38.3 Å². The standard InChI is InChI=1S/C23H20ClN3O2S/c1-14-7-5-11-20(25-14)26-21(16-8-3-4-9-18(16)24)17-13-15(2)30-23(17)27-22(28)19-10-6-12-29-19/h3-13,21H,1-2H3,(H,25,26)(H,27,28)/t21-/m1/s1. The van der Waals surface area contributed by atoms with Gasteiger partial charge in [-0.05, 0) is 55.8 Å². The summed E-state index contributed by atoms with van der Waals surface area (Å²) in [5.41, 5.74) is 2.72. The van der Waals surface area contributed by atoms with E-state index in [-0.39, 0.29) is 17.7 Å². The molecule has 1 aromatic carbocycles. The van der Waals surface area contributed by atoms with Crippen LogP contribution in [0.5, 0.6) is 0 Å². The molecule has 0 spiro atoms. The number of furan rings is 1. The average Bonchev–Trinajstić information content (AvgIpc) is 3.37. The van der Waals surface area contributed by atoms with Crippen LogP contribution in [0.4, 0.5) is 10.8 Å². The van der Waals surface area contributed by atoms with Crippen molar-refractivity contribution in [3.8, 4) is 0 Å². The van der Waals surface area contributed by atoms with Gasteiger partial charge in [-0.1, -0.05) is 35.9 Å². The van der Waals surface area contributed by atoms with E-state index in [9.17, 15) is 4.79 Å². The van der Waals surface area contributed by atoms with Gasteiger partial charge in [0.2, 0.25) is 0 Å². The molecule has 7 heteroatoms. The number of halogens is 1. The second-order valence-corrected chi connectivity index (χ2v) is 8.50. The lowest BCUT2D eigenvalue weighted by Gasteiger charge is -2.22. The summed E-state index contributed by atoms with van der Waals surface area (Å²) in [6, 6.07) is 18.6. The summed E-state index contributed by atoms with van der Waals surface area (Å²) < 4.78 is 5.23. The Balaban J connectivity index is 1.75. The fourth-order valence-corrected chi connectivity index (χ4v) is 4.41. The van der Waals surface area contributed by atoms with Crippen LogP contribution in [0, 0.1) is 13.8 Å². The molecule has 152 valence electrons. The van der Waals surface area contributed by atoms with Crippen LogP contribution >= 0.6 is 22.9 Å². The molecule has 0 aliphatic heterocycles. The molecule has 1 atom stereocenters. The van der Waals surface area contributed by atoms with Crippen molar-refractivity contribution in [3.05, 3.63) is 99.4 Å². The molecule has 0 saturated heterocycles. The number of benzene rings is 1. The molecule has 0 radical (unpaired) electrons. The van der Waals surface area contributed by atoms with E-state index in [0.717, 1.165) is 32.5 Å². The van der Waals surface area contributed by atoms with Crippen LogP contribution in [-0.2, 0) is 0 Å². The molecule has 2 N–H and O–H groups in total. The highest BCUT2D eigenvalue weighted by Crippen LogP contribution is 2.39. The number of aryl methyl sites for hydroxylation is 2. The minimum atomic E-state index is -0.301. The summed E-state index contributed by atoms with van der Waals surface area (Å²) in [6.07, 6.45) is 1.48. The predicted molar refractivity (Wildman–Crippen MR) is 122 cm³/mol. The van der Waals surface area contributed by atoms with Crippen molar-refractivity contribution < 1.29 is 9.21 Å². The Morgan fingerprint density at radius 1 is 1.07 bits per heavy atom. The normalized spacial score (nSPS) is 11.8. The summed E-state index contributed by atoms with van der Waals surface area (Å²) >= 11 is 8.06. The maximum Gasteiger partial charge on any atom is 0.291 e. The lowest BCUT2D eigenvalue weighted by Crippen LogP contribution is -2.17. The van der Waals surface area contributed by atoms with Crippen LogP contribution in [0.3, 0.4) is 0 Å². The summed E-state index contributed by atoms with van der Waals surface area (Å²) in [5.74, 6) is 0.691. The predicted octanol–water partition coefficient (Wildman–Crippen LogP) is 6.46. The number of carbonyl (C=O) groups is 1. The van der Waals surface area contributed by atoms with E-state index in [1.54, 1.807) is 12.1 Å².